The molecule has 1 fully saturated rings. The standard InChI is InChI=1S/C18H17N5O2/c24-17(13-4-5-15-16(11-13)20-9-8-19-15)23-10-1-3-14(12-23)25-18-21-6-2-7-22-18/h2,4-9,11,14H,1,3,10,12H2. The van der Waals surface area contributed by atoms with Crippen LogP contribution in [0.1, 0.15) is 23.2 Å². The zero-order valence-electron chi connectivity index (χ0n) is 13.6. The number of fused-ring (bicyclic) bond motifs is 1. The molecule has 0 N–H and O–H groups in total. The van der Waals surface area contributed by atoms with E-state index < -0.39 is 0 Å². The second kappa shape index (κ2) is 6.80. The summed E-state index contributed by atoms with van der Waals surface area (Å²) in [6, 6.07) is 7.50. The highest BCUT2D eigenvalue weighted by Crippen LogP contribution is 2.19. The monoisotopic (exact) mass is 335 g/mol. The Morgan fingerprint density at radius 2 is 1.84 bits per heavy atom. The number of hydrogen-bond acceptors (Lipinski definition) is 6. The van der Waals surface area contributed by atoms with Gasteiger partial charge in [-0.1, -0.05) is 0 Å². The fourth-order valence-electron chi connectivity index (χ4n) is 2.99. The summed E-state index contributed by atoms with van der Waals surface area (Å²) < 4.78 is 5.80. The van der Waals surface area contributed by atoms with Crippen LogP contribution >= 0.6 is 0 Å². The van der Waals surface area contributed by atoms with Crippen molar-refractivity contribution >= 4 is 16.9 Å². The highest BCUT2D eigenvalue weighted by Gasteiger charge is 2.26. The van der Waals surface area contributed by atoms with Crippen molar-refractivity contribution in [3.05, 3.63) is 54.6 Å². The molecule has 0 saturated carbocycles. The number of carbonyl (C=O) groups is 1. The molecule has 7 nitrogen and oxygen atoms in total. The molecule has 0 aliphatic carbocycles. The molecule has 1 aliphatic heterocycles. The molecule has 1 saturated heterocycles. The van der Waals surface area contributed by atoms with E-state index in [-0.39, 0.29) is 12.0 Å². The molecule has 4 rings (SSSR count). The van der Waals surface area contributed by atoms with Crippen LogP contribution < -0.4 is 4.74 Å². The lowest BCUT2D eigenvalue weighted by Crippen LogP contribution is -2.44. The number of nitrogens with zero attached hydrogens (tertiary/aromatic N) is 5. The van der Waals surface area contributed by atoms with Crippen molar-refractivity contribution < 1.29 is 9.53 Å². The maximum absolute atomic E-state index is 12.8. The van der Waals surface area contributed by atoms with Crippen LogP contribution in [0.3, 0.4) is 0 Å². The molecule has 2 aromatic heterocycles. The van der Waals surface area contributed by atoms with Gasteiger partial charge in [-0.2, -0.15) is 0 Å². The van der Waals surface area contributed by atoms with E-state index in [1.807, 2.05) is 11.0 Å². The molecule has 0 spiro atoms. The van der Waals surface area contributed by atoms with E-state index in [9.17, 15) is 4.79 Å². The molecule has 0 radical (unpaired) electrons. The number of likely N-dealkylation sites (tertiary alicyclic amines) is 1. The fourth-order valence-corrected chi connectivity index (χ4v) is 2.99. The fraction of sp³-hybridized carbons (Fsp3) is 0.278. The minimum absolute atomic E-state index is 0.0187. The molecule has 126 valence electrons. The van der Waals surface area contributed by atoms with E-state index in [4.69, 9.17) is 4.74 Å². The highest BCUT2D eigenvalue weighted by atomic mass is 16.5. The van der Waals surface area contributed by atoms with Crippen molar-refractivity contribution in [1.29, 1.82) is 0 Å². The van der Waals surface area contributed by atoms with Gasteiger partial charge in [0, 0.05) is 36.9 Å². The topological polar surface area (TPSA) is 81.1 Å². The van der Waals surface area contributed by atoms with Crippen molar-refractivity contribution in [3.63, 3.8) is 0 Å². The molecule has 3 aromatic rings. The van der Waals surface area contributed by atoms with Gasteiger partial charge in [-0.25, -0.2) is 9.97 Å². The number of piperidine rings is 1. The van der Waals surface area contributed by atoms with Crippen LogP contribution in [0.4, 0.5) is 0 Å². The van der Waals surface area contributed by atoms with Crippen LogP contribution in [0.25, 0.3) is 11.0 Å². The smallest absolute Gasteiger partial charge is 0.316 e. The molecule has 7 heteroatoms. The lowest BCUT2D eigenvalue weighted by molar-refractivity contribution is 0.0516. The van der Waals surface area contributed by atoms with E-state index in [1.54, 1.807) is 43.0 Å². The average Bonchev–Trinajstić information content (AvgIpc) is 2.68. The van der Waals surface area contributed by atoms with Gasteiger partial charge in [0.05, 0.1) is 17.6 Å². The van der Waals surface area contributed by atoms with Gasteiger partial charge in [0.15, 0.2) is 0 Å². The van der Waals surface area contributed by atoms with Gasteiger partial charge in [0.1, 0.15) is 6.10 Å². The normalized spacial score (nSPS) is 17.4. The Hall–Kier alpha value is -3.09. The largest absolute Gasteiger partial charge is 0.458 e. The lowest BCUT2D eigenvalue weighted by atomic mass is 10.1. The summed E-state index contributed by atoms with van der Waals surface area (Å²) in [5, 5.41) is 0. The first kappa shape index (κ1) is 15.4. The van der Waals surface area contributed by atoms with E-state index in [2.05, 4.69) is 19.9 Å². The van der Waals surface area contributed by atoms with Crippen LogP contribution in [0, 0.1) is 0 Å². The SMILES string of the molecule is O=C(c1ccc2nccnc2c1)N1CCCC(Oc2ncccn2)C1. The second-order valence-electron chi connectivity index (χ2n) is 5.92. The zero-order chi connectivity index (χ0) is 17.1. The predicted molar refractivity (Wildman–Crippen MR) is 91.1 cm³/mol. The quantitative estimate of drug-likeness (QED) is 0.729. The molecule has 1 amide bonds. The third-order valence-electron chi connectivity index (χ3n) is 4.20. The summed E-state index contributed by atoms with van der Waals surface area (Å²) >= 11 is 0. The Bertz CT molecular complexity index is 887. The van der Waals surface area contributed by atoms with Crippen LogP contribution in [0.15, 0.2) is 49.1 Å². The van der Waals surface area contributed by atoms with E-state index in [0.717, 1.165) is 23.9 Å². The van der Waals surface area contributed by atoms with Crippen LogP contribution in [-0.4, -0.2) is 49.9 Å². The summed E-state index contributed by atoms with van der Waals surface area (Å²) in [5.41, 5.74) is 2.11. The maximum atomic E-state index is 12.8. The minimum atomic E-state index is -0.0969. The summed E-state index contributed by atoms with van der Waals surface area (Å²) in [4.78, 5) is 31.3. The van der Waals surface area contributed by atoms with Gasteiger partial charge < -0.3 is 9.64 Å². The lowest BCUT2D eigenvalue weighted by Gasteiger charge is -2.32. The number of carbonyl (C=O) groups excluding carboxylic acids is 1. The summed E-state index contributed by atoms with van der Waals surface area (Å²) in [5.74, 6) is -0.0187. The van der Waals surface area contributed by atoms with Gasteiger partial charge in [-0.3, -0.25) is 14.8 Å². The van der Waals surface area contributed by atoms with Gasteiger partial charge in [0.25, 0.3) is 5.91 Å². The molecule has 1 aromatic carbocycles. The summed E-state index contributed by atoms with van der Waals surface area (Å²) in [6.07, 6.45) is 8.22. The van der Waals surface area contributed by atoms with Crippen molar-refractivity contribution in [1.82, 2.24) is 24.8 Å². The Labute approximate surface area is 144 Å². The zero-order valence-corrected chi connectivity index (χ0v) is 13.6. The van der Waals surface area contributed by atoms with Crippen molar-refractivity contribution in [2.24, 2.45) is 0 Å². The molecule has 1 atom stereocenters. The van der Waals surface area contributed by atoms with Crippen LogP contribution in [0.2, 0.25) is 0 Å². The van der Waals surface area contributed by atoms with Crippen molar-refractivity contribution in [2.75, 3.05) is 13.1 Å². The number of benzene rings is 1. The molecule has 1 unspecified atom stereocenters. The van der Waals surface area contributed by atoms with Gasteiger partial charge in [-0.15, -0.1) is 0 Å². The van der Waals surface area contributed by atoms with Gasteiger partial charge in [-0.05, 0) is 37.1 Å². The van der Waals surface area contributed by atoms with Gasteiger partial charge >= 0.3 is 6.01 Å². The maximum Gasteiger partial charge on any atom is 0.316 e. The van der Waals surface area contributed by atoms with E-state index in [0.29, 0.717) is 24.7 Å². The van der Waals surface area contributed by atoms with Crippen molar-refractivity contribution in [3.8, 4) is 6.01 Å². The molecular formula is C18H17N5O2. The van der Waals surface area contributed by atoms with Crippen molar-refractivity contribution in [2.45, 2.75) is 18.9 Å². The Morgan fingerprint density at radius 1 is 1.04 bits per heavy atom. The number of hydrogen-bond donors (Lipinski definition) is 0. The molecular weight excluding hydrogens is 318 g/mol. The number of ether oxygens (including phenoxy) is 1. The average molecular weight is 335 g/mol. The Kier molecular flexibility index (Phi) is 4.20. The first-order valence-electron chi connectivity index (χ1n) is 8.23. The number of aromatic nitrogens is 4. The number of rotatable bonds is 3. The van der Waals surface area contributed by atoms with E-state index in [1.165, 1.54) is 0 Å². The first-order valence-corrected chi connectivity index (χ1v) is 8.23. The van der Waals surface area contributed by atoms with E-state index >= 15 is 0 Å². The Morgan fingerprint density at radius 3 is 2.68 bits per heavy atom. The summed E-state index contributed by atoms with van der Waals surface area (Å²) in [6.45, 7) is 1.24. The third-order valence-corrected chi connectivity index (χ3v) is 4.20. The Balaban J connectivity index is 1.49. The predicted octanol–water partition coefficient (Wildman–Crippen LogP) is 2.10. The minimum Gasteiger partial charge on any atom is -0.458 e. The summed E-state index contributed by atoms with van der Waals surface area (Å²) in [7, 11) is 0. The highest BCUT2D eigenvalue weighted by molar-refractivity contribution is 5.97. The third kappa shape index (κ3) is 3.40. The van der Waals surface area contributed by atoms with Crippen LogP contribution in [0.5, 0.6) is 6.01 Å². The number of amides is 1. The molecule has 25 heavy (non-hydrogen) atoms. The molecule has 0 bridgehead atoms. The first-order chi connectivity index (χ1) is 12.3. The second-order valence-corrected chi connectivity index (χ2v) is 5.92. The van der Waals surface area contributed by atoms with Crippen LogP contribution in [-0.2, 0) is 0 Å². The molecule has 3 heterocycles. The van der Waals surface area contributed by atoms with Gasteiger partial charge in [0.2, 0.25) is 0 Å². The molecule has 1 aliphatic rings.